The molecule has 4 heteroatoms. The van der Waals surface area contributed by atoms with E-state index < -0.39 is 5.97 Å². The number of hydrogen-bond donors (Lipinski definition) is 1. The first-order valence-electron chi connectivity index (χ1n) is 5.12. The summed E-state index contributed by atoms with van der Waals surface area (Å²) in [6, 6.07) is 4.65. The van der Waals surface area contributed by atoms with E-state index in [0.29, 0.717) is 17.5 Å². The zero-order valence-corrected chi connectivity index (χ0v) is 9.10. The monoisotopic (exact) mass is 222 g/mol. The van der Waals surface area contributed by atoms with Gasteiger partial charge in [-0.3, -0.25) is 0 Å². The van der Waals surface area contributed by atoms with Crippen molar-refractivity contribution in [3.8, 4) is 5.75 Å². The Labute approximate surface area is 93.9 Å². The van der Waals surface area contributed by atoms with E-state index in [9.17, 15) is 14.7 Å². The lowest BCUT2D eigenvalue weighted by Crippen LogP contribution is -2.08. The van der Waals surface area contributed by atoms with Crippen molar-refractivity contribution in [2.75, 3.05) is 6.61 Å². The maximum absolute atomic E-state index is 11.6. The fourth-order valence-electron chi connectivity index (χ4n) is 1.44. The number of rotatable bonds is 5. The van der Waals surface area contributed by atoms with Gasteiger partial charge in [-0.15, -0.1) is 0 Å². The third-order valence-electron chi connectivity index (χ3n) is 2.16. The molecule has 0 saturated carbocycles. The van der Waals surface area contributed by atoms with Crippen molar-refractivity contribution in [2.45, 2.75) is 19.8 Å². The first-order valence-corrected chi connectivity index (χ1v) is 5.12. The van der Waals surface area contributed by atoms with Gasteiger partial charge in [-0.2, -0.15) is 0 Å². The van der Waals surface area contributed by atoms with Crippen molar-refractivity contribution < 1.29 is 19.4 Å². The Morgan fingerprint density at radius 1 is 1.50 bits per heavy atom. The van der Waals surface area contributed by atoms with Gasteiger partial charge in [0.25, 0.3) is 0 Å². The number of ether oxygens (including phenoxy) is 1. The smallest absolute Gasteiger partial charge is 0.338 e. The maximum Gasteiger partial charge on any atom is 0.338 e. The van der Waals surface area contributed by atoms with Gasteiger partial charge in [-0.05, 0) is 25.5 Å². The number of carbonyl (C=O) groups is 2. The highest BCUT2D eigenvalue weighted by molar-refractivity contribution is 5.92. The van der Waals surface area contributed by atoms with Gasteiger partial charge in [-0.25, -0.2) is 4.79 Å². The summed E-state index contributed by atoms with van der Waals surface area (Å²) in [5.74, 6) is -0.452. The lowest BCUT2D eigenvalue weighted by Gasteiger charge is -2.09. The first-order chi connectivity index (χ1) is 7.70. The number of phenolic OH excluding ortho intramolecular Hbond substituents is 1. The van der Waals surface area contributed by atoms with E-state index in [0.717, 1.165) is 6.29 Å². The highest BCUT2D eigenvalue weighted by Gasteiger charge is 2.14. The molecular weight excluding hydrogens is 208 g/mol. The highest BCUT2D eigenvalue weighted by atomic mass is 16.5. The first kappa shape index (κ1) is 12.2. The molecule has 16 heavy (non-hydrogen) atoms. The van der Waals surface area contributed by atoms with Crippen LogP contribution in [0.15, 0.2) is 18.2 Å². The van der Waals surface area contributed by atoms with E-state index in [2.05, 4.69) is 0 Å². The van der Waals surface area contributed by atoms with E-state index in [-0.39, 0.29) is 18.8 Å². The largest absolute Gasteiger partial charge is 0.508 e. The molecule has 1 N–H and O–H groups in total. The zero-order valence-electron chi connectivity index (χ0n) is 9.10. The van der Waals surface area contributed by atoms with Crippen LogP contribution in [0.5, 0.6) is 5.75 Å². The third kappa shape index (κ3) is 2.82. The second-order valence-electron chi connectivity index (χ2n) is 3.23. The van der Waals surface area contributed by atoms with Gasteiger partial charge in [0.15, 0.2) is 0 Å². The van der Waals surface area contributed by atoms with Gasteiger partial charge in [-0.1, -0.05) is 6.07 Å². The van der Waals surface area contributed by atoms with Crippen molar-refractivity contribution in [1.82, 2.24) is 0 Å². The standard InChI is InChI=1S/C12H14O4/c1-2-16-12(15)10-5-3-7-11(14)9(10)6-4-8-13/h3,5,7-8,14H,2,4,6H2,1H3. The Balaban J connectivity index is 3.01. The third-order valence-corrected chi connectivity index (χ3v) is 2.16. The molecule has 1 rings (SSSR count). The van der Waals surface area contributed by atoms with Gasteiger partial charge in [0, 0.05) is 12.0 Å². The molecule has 0 aliphatic carbocycles. The fraction of sp³-hybridized carbons (Fsp3) is 0.333. The average Bonchev–Trinajstić information content (AvgIpc) is 2.27. The maximum atomic E-state index is 11.6. The predicted molar refractivity (Wildman–Crippen MR) is 58.4 cm³/mol. The molecule has 0 atom stereocenters. The Kier molecular flexibility index (Phi) is 4.51. The Morgan fingerprint density at radius 3 is 2.88 bits per heavy atom. The van der Waals surface area contributed by atoms with Crippen molar-refractivity contribution in [3.05, 3.63) is 29.3 Å². The van der Waals surface area contributed by atoms with E-state index in [1.807, 2.05) is 0 Å². The summed E-state index contributed by atoms with van der Waals surface area (Å²) in [6.07, 6.45) is 1.36. The number of phenols is 1. The average molecular weight is 222 g/mol. The summed E-state index contributed by atoms with van der Waals surface area (Å²) in [6.45, 7) is 1.99. The molecule has 4 nitrogen and oxygen atoms in total. The summed E-state index contributed by atoms with van der Waals surface area (Å²) < 4.78 is 4.87. The van der Waals surface area contributed by atoms with E-state index >= 15 is 0 Å². The zero-order chi connectivity index (χ0) is 12.0. The second-order valence-corrected chi connectivity index (χ2v) is 3.23. The van der Waals surface area contributed by atoms with Gasteiger partial charge in [0.05, 0.1) is 12.2 Å². The van der Waals surface area contributed by atoms with Crippen LogP contribution in [-0.2, 0) is 16.0 Å². The molecule has 1 aromatic rings. The van der Waals surface area contributed by atoms with E-state index in [1.165, 1.54) is 6.07 Å². The van der Waals surface area contributed by atoms with Crippen LogP contribution >= 0.6 is 0 Å². The SMILES string of the molecule is CCOC(=O)c1cccc(O)c1CCC=O. The number of aromatic hydroxyl groups is 1. The molecule has 0 fully saturated rings. The highest BCUT2D eigenvalue weighted by Crippen LogP contribution is 2.23. The number of carbonyl (C=O) groups excluding carboxylic acids is 2. The van der Waals surface area contributed by atoms with Crippen LogP contribution in [0.3, 0.4) is 0 Å². The topological polar surface area (TPSA) is 63.6 Å². The number of aldehydes is 1. The normalized spacial score (nSPS) is 9.81. The minimum Gasteiger partial charge on any atom is -0.508 e. The van der Waals surface area contributed by atoms with Gasteiger partial charge >= 0.3 is 5.97 Å². The lowest BCUT2D eigenvalue weighted by molar-refractivity contribution is -0.107. The van der Waals surface area contributed by atoms with E-state index in [4.69, 9.17) is 4.74 Å². The summed E-state index contributed by atoms with van der Waals surface area (Å²) in [7, 11) is 0. The summed E-state index contributed by atoms with van der Waals surface area (Å²) in [4.78, 5) is 21.9. The Hall–Kier alpha value is -1.84. The summed E-state index contributed by atoms with van der Waals surface area (Å²) >= 11 is 0. The van der Waals surface area contributed by atoms with Crippen LogP contribution in [-0.4, -0.2) is 24.0 Å². The molecule has 0 unspecified atom stereocenters. The molecule has 0 radical (unpaired) electrons. The van der Waals surface area contributed by atoms with Crippen LogP contribution in [0.4, 0.5) is 0 Å². The molecular formula is C12H14O4. The van der Waals surface area contributed by atoms with Crippen LogP contribution in [0.25, 0.3) is 0 Å². The van der Waals surface area contributed by atoms with Crippen LogP contribution in [0.2, 0.25) is 0 Å². The Morgan fingerprint density at radius 2 is 2.25 bits per heavy atom. The molecule has 0 amide bonds. The lowest BCUT2D eigenvalue weighted by atomic mass is 10.0. The predicted octanol–water partition coefficient (Wildman–Crippen LogP) is 1.70. The van der Waals surface area contributed by atoms with Gasteiger partial charge < -0.3 is 14.6 Å². The molecule has 1 aromatic carbocycles. The second kappa shape index (κ2) is 5.90. The van der Waals surface area contributed by atoms with Crippen LogP contribution in [0, 0.1) is 0 Å². The van der Waals surface area contributed by atoms with Crippen LogP contribution in [0.1, 0.15) is 29.3 Å². The van der Waals surface area contributed by atoms with Crippen molar-refractivity contribution in [2.24, 2.45) is 0 Å². The van der Waals surface area contributed by atoms with Crippen molar-refractivity contribution in [3.63, 3.8) is 0 Å². The van der Waals surface area contributed by atoms with Crippen molar-refractivity contribution >= 4 is 12.3 Å². The van der Waals surface area contributed by atoms with Gasteiger partial charge in [0.1, 0.15) is 12.0 Å². The van der Waals surface area contributed by atoms with Gasteiger partial charge in [0.2, 0.25) is 0 Å². The minimum atomic E-state index is -0.473. The molecule has 0 aliphatic heterocycles. The molecule has 0 spiro atoms. The van der Waals surface area contributed by atoms with Crippen LogP contribution < -0.4 is 0 Å². The molecule has 0 aliphatic rings. The summed E-state index contributed by atoms with van der Waals surface area (Å²) in [5.41, 5.74) is 0.789. The Bertz CT molecular complexity index is 385. The number of esters is 1. The summed E-state index contributed by atoms with van der Waals surface area (Å²) in [5, 5.41) is 9.61. The number of hydrogen-bond acceptors (Lipinski definition) is 4. The molecule has 0 saturated heterocycles. The molecule has 0 bridgehead atoms. The quantitative estimate of drug-likeness (QED) is 0.608. The van der Waals surface area contributed by atoms with E-state index in [1.54, 1.807) is 19.1 Å². The minimum absolute atomic E-state index is 0.0207. The molecule has 86 valence electrons. The number of benzene rings is 1. The van der Waals surface area contributed by atoms with Crippen molar-refractivity contribution in [1.29, 1.82) is 0 Å². The molecule has 0 aromatic heterocycles. The fourth-order valence-corrected chi connectivity index (χ4v) is 1.44. The molecule has 0 heterocycles.